The molecule has 18 heavy (non-hydrogen) atoms. The summed E-state index contributed by atoms with van der Waals surface area (Å²) in [7, 11) is -3.47. The molecular weight excluding hydrogens is 250 g/mol. The molecule has 0 saturated carbocycles. The molecule has 0 aromatic heterocycles. The van der Waals surface area contributed by atoms with Gasteiger partial charge in [-0.25, -0.2) is 8.42 Å². The summed E-state index contributed by atoms with van der Waals surface area (Å²) in [4.78, 5) is 0.334. The van der Waals surface area contributed by atoms with E-state index in [4.69, 9.17) is 0 Å². The number of benzene rings is 1. The van der Waals surface area contributed by atoms with Crippen molar-refractivity contribution in [2.45, 2.75) is 37.6 Å². The fourth-order valence-electron chi connectivity index (χ4n) is 2.53. The molecule has 4 nitrogen and oxygen atoms in total. The van der Waals surface area contributed by atoms with Crippen LogP contribution in [-0.2, 0) is 10.0 Å². The molecule has 5 heteroatoms. The number of sulfonamides is 1. The van der Waals surface area contributed by atoms with Gasteiger partial charge in [-0.3, -0.25) is 0 Å². The number of aryl methyl sites for hydroxylation is 2. The van der Waals surface area contributed by atoms with Gasteiger partial charge in [0.25, 0.3) is 0 Å². The van der Waals surface area contributed by atoms with Crippen LogP contribution in [0.5, 0.6) is 0 Å². The van der Waals surface area contributed by atoms with E-state index in [0.29, 0.717) is 11.4 Å². The van der Waals surface area contributed by atoms with Crippen molar-refractivity contribution in [3.63, 3.8) is 0 Å². The fraction of sp³-hybridized carbons (Fsp3) is 0.538. The van der Waals surface area contributed by atoms with Crippen molar-refractivity contribution < 1.29 is 13.5 Å². The first kappa shape index (κ1) is 13.5. The van der Waals surface area contributed by atoms with Gasteiger partial charge in [0.15, 0.2) is 0 Å². The second-order valence-electron chi connectivity index (χ2n) is 4.92. The smallest absolute Gasteiger partial charge is 0.243 e. The second kappa shape index (κ2) is 4.99. The predicted molar refractivity (Wildman–Crippen MR) is 69.9 cm³/mol. The Morgan fingerprint density at radius 1 is 1.28 bits per heavy atom. The Bertz CT molecular complexity index is 519. The van der Waals surface area contributed by atoms with E-state index in [0.717, 1.165) is 24.0 Å². The van der Waals surface area contributed by atoms with Gasteiger partial charge in [0.05, 0.1) is 11.5 Å². The molecule has 1 fully saturated rings. The largest absolute Gasteiger partial charge is 0.395 e. The van der Waals surface area contributed by atoms with Crippen LogP contribution in [0.3, 0.4) is 0 Å². The molecule has 0 bridgehead atoms. The fourth-order valence-corrected chi connectivity index (χ4v) is 4.40. The first-order chi connectivity index (χ1) is 8.45. The van der Waals surface area contributed by atoms with Crippen molar-refractivity contribution in [2.75, 3.05) is 13.2 Å². The highest BCUT2D eigenvalue weighted by atomic mass is 32.2. The lowest BCUT2D eigenvalue weighted by Crippen LogP contribution is -2.37. The average molecular weight is 269 g/mol. The third-order valence-electron chi connectivity index (χ3n) is 3.34. The van der Waals surface area contributed by atoms with Crippen LogP contribution in [0.15, 0.2) is 23.1 Å². The molecule has 0 radical (unpaired) electrons. The summed E-state index contributed by atoms with van der Waals surface area (Å²) in [6.07, 6.45) is 1.55. The van der Waals surface area contributed by atoms with E-state index < -0.39 is 10.0 Å². The molecular formula is C13H19NO3S. The van der Waals surface area contributed by atoms with E-state index in [1.165, 1.54) is 4.31 Å². The molecule has 0 unspecified atom stereocenters. The van der Waals surface area contributed by atoms with Crippen LogP contribution in [-0.4, -0.2) is 37.0 Å². The molecule has 1 aromatic rings. The summed E-state index contributed by atoms with van der Waals surface area (Å²) in [5.41, 5.74) is 1.88. The summed E-state index contributed by atoms with van der Waals surface area (Å²) in [6.45, 7) is 4.17. The molecule has 2 rings (SSSR count). The lowest BCUT2D eigenvalue weighted by atomic mass is 10.2. The minimum absolute atomic E-state index is 0.107. The van der Waals surface area contributed by atoms with Gasteiger partial charge < -0.3 is 5.11 Å². The van der Waals surface area contributed by atoms with Crippen molar-refractivity contribution in [3.05, 3.63) is 29.3 Å². The van der Waals surface area contributed by atoms with Crippen molar-refractivity contribution in [1.29, 1.82) is 0 Å². The van der Waals surface area contributed by atoms with Crippen LogP contribution < -0.4 is 0 Å². The molecule has 1 aliphatic heterocycles. The highest BCUT2D eigenvalue weighted by molar-refractivity contribution is 7.89. The predicted octanol–water partition coefficient (Wildman–Crippen LogP) is 1.45. The van der Waals surface area contributed by atoms with Gasteiger partial charge in [-0.1, -0.05) is 6.07 Å². The zero-order valence-electron chi connectivity index (χ0n) is 10.8. The van der Waals surface area contributed by atoms with Gasteiger partial charge in [0.1, 0.15) is 0 Å². The van der Waals surface area contributed by atoms with E-state index in [1.54, 1.807) is 12.1 Å². The normalized spacial score (nSPS) is 21.4. The van der Waals surface area contributed by atoms with E-state index in [2.05, 4.69) is 0 Å². The Morgan fingerprint density at radius 2 is 1.89 bits per heavy atom. The molecule has 1 heterocycles. The quantitative estimate of drug-likeness (QED) is 0.903. The molecule has 0 aliphatic carbocycles. The average Bonchev–Trinajstić information content (AvgIpc) is 2.76. The summed E-state index contributed by atoms with van der Waals surface area (Å²) in [5, 5.41) is 9.25. The maximum absolute atomic E-state index is 12.5. The highest BCUT2D eigenvalue weighted by Gasteiger charge is 2.34. The van der Waals surface area contributed by atoms with E-state index in [9.17, 15) is 13.5 Å². The number of aliphatic hydroxyl groups excluding tert-OH is 1. The van der Waals surface area contributed by atoms with Crippen LogP contribution in [0, 0.1) is 13.8 Å². The third kappa shape index (κ3) is 2.43. The minimum atomic E-state index is -3.47. The Balaban J connectivity index is 2.41. The van der Waals surface area contributed by atoms with E-state index in [1.807, 2.05) is 19.9 Å². The summed E-state index contributed by atoms with van der Waals surface area (Å²) in [5.74, 6) is 0. The van der Waals surface area contributed by atoms with E-state index in [-0.39, 0.29) is 12.6 Å². The lowest BCUT2D eigenvalue weighted by molar-refractivity contribution is 0.213. The number of nitrogens with zero attached hydrogens (tertiary/aromatic N) is 1. The highest BCUT2D eigenvalue weighted by Crippen LogP contribution is 2.26. The number of hydrogen-bond donors (Lipinski definition) is 1. The monoisotopic (exact) mass is 269 g/mol. The van der Waals surface area contributed by atoms with Crippen LogP contribution >= 0.6 is 0 Å². The maximum atomic E-state index is 12.5. The van der Waals surface area contributed by atoms with Gasteiger partial charge in [0.2, 0.25) is 10.0 Å². The van der Waals surface area contributed by atoms with Crippen molar-refractivity contribution in [2.24, 2.45) is 0 Å². The minimum Gasteiger partial charge on any atom is -0.395 e. The van der Waals surface area contributed by atoms with Gasteiger partial charge in [-0.2, -0.15) is 4.31 Å². The van der Waals surface area contributed by atoms with Crippen LogP contribution in [0.25, 0.3) is 0 Å². The van der Waals surface area contributed by atoms with Crippen LogP contribution in [0.4, 0.5) is 0 Å². The Kier molecular flexibility index (Phi) is 3.75. The van der Waals surface area contributed by atoms with Gasteiger partial charge in [-0.05, 0) is 49.9 Å². The maximum Gasteiger partial charge on any atom is 0.243 e. The van der Waals surface area contributed by atoms with Gasteiger partial charge in [-0.15, -0.1) is 0 Å². The van der Waals surface area contributed by atoms with Gasteiger partial charge in [0, 0.05) is 12.6 Å². The molecule has 0 spiro atoms. The standard InChI is InChI=1S/C13H19NO3S/c1-10-6-11(2)8-13(7-10)18(16,17)14-5-3-4-12(14)9-15/h6-8,12,15H,3-5,9H2,1-2H3/t12-/m1/s1. The number of aliphatic hydroxyl groups is 1. The summed E-state index contributed by atoms with van der Waals surface area (Å²) in [6, 6.07) is 5.06. The Hall–Kier alpha value is -0.910. The van der Waals surface area contributed by atoms with Crippen LogP contribution in [0.2, 0.25) is 0 Å². The SMILES string of the molecule is Cc1cc(C)cc(S(=O)(=O)N2CCC[C@@H]2CO)c1. The number of rotatable bonds is 3. The molecule has 1 N–H and O–H groups in total. The first-order valence-electron chi connectivity index (χ1n) is 6.16. The molecule has 1 aromatic carbocycles. The Labute approximate surface area is 108 Å². The Morgan fingerprint density at radius 3 is 2.44 bits per heavy atom. The van der Waals surface area contributed by atoms with Crippen LogP contribution in [0.1, 0.15) is 24.0 Å². The van der Waals surface area contributed by atoms with E-state index >= 15 is 0 Å². The van der Waals surface area contributed by atoms with Gasteiger partial charge >= 0.3 is 0 Å². The van der Waals surface area contributed by atoms with Crippen molar-refractivity contribution in [1.82, 2.24) is 4.31 Å². The number of hydrogen-bond acceptors (Lipinski definition) is 3. The molecule has 1 saturated heterocycles. The lowest BCUT2D eigenvalue weighted by Gasteiger charge is -2.22. The molecule has 100 valence electrons. The molecule has 0 amide bonds. The molecule has 1 atom stereocenters. The first-order valence-corrected chi connectivity index (χ1v) is 7.60. The zero-order chi connectivity index (χ0) is 13.3. The molecule has 1 aliphatic rings. The van der Waals surface area contributed by atoms with Crippen molar-refractivity contribution in [3.8, 4) is 0 Å². The van der Waals surface area contributed by atoms with Crippen molar-refractivity contribution >= 4 is 10.0 Å². The summed E-state index contributed by atoms with van der Waals surface area (Å²) >= 11 is 0. The second-order valence-corrected chi connectivity index (χ2v) is 6.81. The third-order valence-corrected chi connectivity index (χ3v) is 5.27. The summed E-state index contributed by atoms with van der Waals surface area (Å²) < 4.78 is 26.5. The zero-order valence-corrected chi connectivity index (χ0v) is 11.6. The topological polar surface area (TPSA) is 57.6 Å².